The van der Waals surface area contributed by atoms with Gasteiger partial charge in [0, 0.05) is 16.6 Å². The zero-order valence-electron chi connectivity index (χ0n) is 16.0. The molecule has 3 aromatic carbocycles. The second-order valence-electron chi connectivity index (χ2n) is 6.94. The van der Waals surface area contributed by atoms with E-state index in [1.807, 2.05) is 67.6 Å². The molecule has 0 N–H and O–H groups in total. The topological polar surface area (TPSA) is 30.0 Å². The first-order chi connectivity index (χ1) is 13.6. The van der Waals surface area contributed by atoms with Gasteiger partial charge < -0.3 is 0 Å². The zero-order chi connectivity index (χ0) is 19.5. The fourth-order valence-corrected chi connectivity index (χ4v) is 3.42. The summed E-state index contributed by atoms with van der Waals surface area (Å²) in [6.07, 6.45) is 4.10. The van der Waals surface area contributed by atoms with Crippen molar-refractivity contribution in [2.24, 2.45) is 0 Å². The van der Waals surface area contributed by atoms with E-state index in [9.17, 15) is 4.79 Å². The quantitative estimate of drug-likeness (QED) is 0.401. The third-order valence-corrected chi connectivity index (χ3v) is 4.90. The molecular formula is C26H21NO. The van der Waals surface area contributed by atoms with Crippen molar-refractivity contribution in [2.45, 2.75) is 13.8 Å². The second-order valence-corrected chi connectivity index (χ2v) is 6.94. The van der Waals surface area contributed by atoms with E-state index in [1.165, 1.54) is 5.56 Å². The van der Waals surface area contributed by atoms with Crippen molar-refractivity contribution in [1.82, 2.24) is 4.98 Å². The Morgan fingerprint density at radius 2 is 1.46 bits per heavy atom. The predicted molar refractivity (Wildman–Crippen MR) is 116 cm³/mol. The Balaban J connectivity index is 1.91. The van der Waals surface area contributed by atoms with Crippen LogP contribution in [0.4, 0.5) is 0 Å². The van der Waals surface area contributed by atoms with Gasteiger partial charge >= 0.3 is 0 Å². The minimum atomic E-state index is -0.0000841. The highest BCUT2D eigenvalue weighted by Gasteiger charge is 2.18. The van der Waals surface area contributed by atoms with Crippen molar-refractivity contribution in [3.63, 3.8) is 0 Å². The van der Waals surface area contributed by atoms with Crippen LogP contribution in [-0.2, 0) is 0 Å². The summed E-state index contributed by atoms with van der Waals surface area (Å²) < 4.78 is 0. The Hall–Kier alpha value is -3.52. The van der Waals surface area contributed by atoms with Crippen molar-refractivity contribution in [3.05, 3.63) is 112 Å². The Bertz CT molecular complexity index is 1170. The molecule has 0 radical (unpaired) electrons. The number of carbonyl (C=O) groups excluding carboxylic acids is 1. The molecule has 0 unspecified atom stereocenters. The van der Waals surface area contributed by atoms with E-state index in [1.54, 1.807) is 0 Å². The summed E-state index contributed by atoms with van der Waals surface area (Å²) in [6, 6.07) is 25.7. The number of benzene rings is 3. The molecule has 0 spiro atoms. The molecule has 1 heterocycles. The first-order valence-electron chi connectivity index (χ1n) is 9.37. The molecule has 0 fully saturated rings. The van der Waals surface area contributed by atoms with Crippen LogP contribution in [0.3, 0.4) is 0 Å². The van der Waals surface area contributed by atoms with Crippen molar-refractivity contribution in [1.29, 1.82) is 0 Å². The number of aryl methyl sites for hydroxylation is 2. The molecule has 2 nitrogen and oxygen atoms in total. The van der Waals surface area contributed by atoms with Crippen molar-refractivity contribution in [3.8, 4) is 0 Å². The molecule has 0 saturated carbocycles. The number of fused-ring (bicyclic) bond motifs is 1. The van der Waals surface area contributed by atoms with E-state index in [0.29, 0.717) is 11.1 Å². The van der Waals surface area contributed by atoms with Gasteiger partial charge in [0.25, 0.3) is 0 Å². The summed E-state index contributed by atoms with van der Waals surface area (Å²) in [7, 11) is 0. The van der Waals surface area contributed by atoms with Crippen LogP contribution in [-0.4, -0.2) is 10.8 Å². The lowest BCUT2D eigenvalue weighted by molar-refractivity contribution is 0.103. The zero-order valence-corrected chi connectivity index (χ0v) is 16.0. The Morgan fingerprint density at radius 1 is 0.786 bits per heavy atom. The largest absolute Gasteiger partial charge is 0.289 e. The van der Waals surface area contributed by atoms with E-state index in [0.717, 1.165) is 27.7 Å². The average molecular weight is 363 g/mol. The van der Waals surface area contributed by atoms with Gasteiger partial charge in [-0.05, 0) is 31.0 Å². The number of rotatable bonds is 4. The number of pyridine rings is 1. The molecule has 4 rings (SSSR count). The van der Waals surface area contributed by atoms with Gasteiger partial charge in [0.05, 0.1) is 11.1 Å². The number of hydrogen-bond donors (Lipinski definition) is 0. The van der Waals surface area contributed by atoms with Crippen molar-refractivity contribution >= 4 is 28.8 Å². The minimum absolute atomic E-state index is 0.0000841. The van der Waals surface area contributed by atoms with E-state index < -0.39 is 0 Å². The summed E-state index contributed by atoms with van der Waals surface area (Å²) in [6.45, 7) is 3.98. The summed E-state index contributed by atoms with van der Waals surface area (Å²) in [5.74, 6) is -0.0000841. The highest BCUT2D eigenvalue weighted by atomic mass is 16.1. The van der Waals surface area contributed by atoms with Gasteiger partial charge in [0.2, 0.25) is 0 Å². The number of ketones is 1. The van der Waals surface area contributed by atoms with Gasteiger partial charge in [-0.3, -0.25) is 9.78 Å². The molecule has 28 heavy (non-hydrogen) atoms. The van der Waals surface area contributed by atoms with Crippen LogP contribution >= 0.6 is 0 Å². The normalized spacial score (nSPS) is 11.2. The number of carbonyl (C=O) groups is 1. The van der Waals surface area contributed by atoms with E-state index in [4.69, 9.17) is 4.98 Å². The molecule has 0 aliphatic rings. The Labute approximate surface area is 165 Å². The lowest BCUT2D eigenvalue weighted by Crippen LogP contribution is -2.08. The maximum Gasteiger partial charge on any atom is 0.195 e. The molecule has 0 saturated heterocycles. The third kappa shape index (κ3) is 3.49. The predicted octanol–water partition coefficient (Wildman–Crippen LogP) is 6.25. The highest BCUT2D eigenvalue weighted by molar-refractivity contribution is 6.14. The standard InChI is InChI=1S/C26H21NO/c1-18-12-14-20(15-13-18)16-17-23-22-10-6-7-11-24(22)27-19(2)25(23)26(28)21-8-4-3-5-9-21/h3-17H,1-2H3/b17-16+. The van der Waals surface area contributed by atoms with Gasteiger partial charge in [-0.25, -0.2) is 0 Å². The molecular weight excluding hydrogens is 342 g/mol. The number of nitrogens with zero attached hydrogens (tertiary/aromatic N) is 1. The molecule has 0 atom stereocenters. The first-order valence-corrected chi connectivity index (χ1v) is 9.37. The highest BCUT2D eigenvalue weighted by Crippen LogP contribution is 2.27. The van der Waals surface area contributed by atoms with Crippen LogP contribution in [0.5, 0.6) is 0 Å². The third-order valence-electron chi connectivity index (χ3n) is 4.90. The Kier molecular flexibility index (Phi) is 4.86. The van der Waals surface area contributed by atoms with Gasteiger partial charge in [-0.2, -0.15) is 0 Å². The van der Waals surface area contributed by atoms with Gasteiger partial charge in [-0.1, -0.05) is 90.5 Å². The maximum atomic E-state index is 13.3. The average Bonchev–Trinajstić information content (AvgIpc) is 2.73. The minimum Gasteiger partial charge on any atom is -0.289 e. The van der Waals surface area contributed by atoms with Gasteiger partial charge in [-0.15, -0.1) is 0 Å². The monoisotopic (exact) mass is 363 g/mol. The van der Waals surface area contributed by atoms with Crippen LogP contribution in [0.15, 0.2) is 78.9 Å². The first kappa shape index (κ1) is 17.9. The maximum absolute atomic E-state index is 13.3. The SMILES string of the molecule is Cc1ccc(/C=C/c2c(C(=O)c3ccccc3)c(C)nc3ccccc23)cc1. The lowest BCUT2D eigenvalue weighted by Gasteiger charge is -2.12. The summed E-state index contributed by atoms with van der Waals surface area (Å²) in [4.78, 5) is 18.0. The molecule has 4 aromatic rings. The number of hydrogen-bond acceptors (Lipinski definition) is 2. The van der Waals surface area contributed by atoms with Gasteiger partial charge in [0.1, 0.15) is 0 Å². The van der Waals surface area contributed by atoms with Crippen LogP contribution in [0.25, 0.3) is 23.1 Å². The van der Waals surface area contributed by atoms with Crippen LogP contribution in [0.2, 0.25) is 0 Å². The van der Waals surface area contributed by atoms with E-state index >= 15 is 0 Å². The molecule has 0 aliphatic carbocycles. The summed E-state index contributed by atoms with van der Waals surface area (Å²) in [5.41, 5.74) is 6.22. The molecule has 2 heteroatoms. The van der Waals surface area contributed by atoms with Crippen LogP contribution in [0.1, 0.15) is 38.3 Å². The number of aromatic nitrogens is 1. The summed E-state index contributed by atoms with van der Waals surface area (Å²) in [5, 5.41) is 0.982. The molecule has 0 amide bonds. The Morgan fingerprint density at radius 3 is 2.21 bits per heavy atom. The molecule has 1 aromatic heterocycles. The van der Waals surface area contributed by atoms with E-state index in [-0.39, 0.29) is 5.78 Å². The van der Waals surface area contributed by atoms with E-state index in [2.05, 4.69) is 37.3 Å². The fraction of sp³-hybridized carbons (Fsp3) is 0.0769. The fourth-order valence-electron chi connectivity index (χ4n) is 3.42. The van der Waals surface area contributed by atoms with Crippen molar-refractivity contribution in [2.75, 3.05) is 0 Å². The lowest BCUT2D eigenvalue weighted by atomic mass is 9.93. The summed E-state index contributed by atoms with van der Waals surface area (Å²) >= 11 is 0. The van der Waals surface area contributed by atoms with Crippen LogP contribution < -0.4 is 0 Å². The van der Waals surface area contributed by atoms with Gasteiger partial charge in [0.15, 0.2) is 5.78 Å². The smallest absolute Gasteiger partial charge is 0.195 e. The number of para-hydroxylation sites is 1. The molecule has 136 valence electrons. The van der Waals surface area contributed by atoms with Crippen LogP contribution in [0, 0.1) is 13.8 Å². The second kappa shape index (κ2) is 7.61. The molecule has 0 bridgehead atoms. The molecule has 0 aliphatic heterocycles. The van der Waals surface area contributed by atoms with Crippen molar-refractivity contribution < 1.29 is 4.79 Å².